The largest absolute Gasteiger partial charge is 0.396 e. The zero-order chi connectivity index (χ0) is 10.7. The summed E-state index contributed by atoms with van der Waals surface area (Å²) in [4.78, 5) is 4.82. The van der Waals surface area contributed by atoms with Crippen molar-refractivity contribution < 1.29 is 0 Å². The molecule has 0 fully saturated rings. The highest BCUT2D eigenvalue weighted by Gasteiger charge is 2.08. The summed E-state index contributed by atoms with van der Waals surface area (Å²) in [5.41, 5.74) is 7.08. The Bertz CT molecular complexity index is 393. The average Bonchev–Trinajstić information content (AvgIpc) is 2.61. The molecule has 0 atom stereocenters. The van der Waals surface area contributed by atoms with E-state index >= 15 is 0 Å². The molecule has 2 nitrogen and oxygen atoms in total. The Morgan fingerprint density at radius 3 is 2.57 bits per heavy atom. The fourth-order valence-corrected chi connectivity index (χ4v) is 2.11. The van der Waals surface area contributed by atoms with Crippen molar-refractivity contribution in [2.45, 2.75) is 6.92 Å². The number of hydrogen-bond donors (Lipinski definition) is 1. The second-order valence-corrected chi connectivity index (χ2v) is 4.73. The molecule has 76 valence electrons. The summed E-state index contributed by atoms with van der Waals surface area (Å²) in [5.74, 6) is 0. The molecule has 2 N–H and O–H groups in total. The van der Waals surface area contributed by atoms with Gasteiger partial charge < -0.3 is 5.73 Å². The topological polar surface area (TPSA) is 38.4 Å². The number of rotatable bonds is 2. The van der Waals surface area contributed by atoms with Gasteiger partial charge in [-0.1, -0.05) is 23.2 Å². The average molecular weight is 249 g/mol. The van der Waals surface area contributed by atoms with E-state index in [4.69, 9.17) is 28.9 Å². The van der Waals surface area contributed by atoms with Crippen molar-refractivity contribution in [3.63, 3.8) is 0 Å². The molecule has 1 heterocycles. The van der Waals surface area contributed by atoms with Crippen molar-refractivity contribution in [2.75, 3.05) is 7.05 Å². The second-order valence-electron chi connectivity index (χ2n) is 2.64. The van der Waals surface area contributed by atoms with E-state index in [0.717, 1.165) is 4.88 Å². The SMILES string of the molecule is CN=C(C)C(Cl)=C(N)c1ccc(Cl)s1. The van der Waals surface area contributed by atoms with Gasteiger partial charge >= 0.3 is 0 Å². The van der Waals surface area contributed by atoms with Crippen LogP contribution in [0, 0.1) is 0 Å². The standard InChI is InChI=1S/C9H10Cl2N2S/c1-5(13-2)8(11)9(12)6-3-4-7(10)14-6/h3-4H,12H2,1-2H3. The molecule has 0 bridgehead atoms. The predicted molar refractivity (Wildman–Crippen MR) is 65.3 cm³/mol. The minimum absolute atomic E-state index is 0.478. The summed E-state index contributed by atoms with van der Waals surface area (Å²) in [6.07, 6.45) is 0. The van der Waals surface area contributed by atoms with E-state index in [2.05, 4.69) is 4.99 Å². The first-order chi connectivity index (χ1) is 6.56. The molecular formula is C9H10Cl2N2S. The van der Waals surface area contributed by atoms with Crippen LogP contribution in [-0.4, -0.2) is 12.8 Å². The zero-order valence-electron chi connectivity index (χ0n) is 7.84. The van der Waals surface area contributed by atoms with E-state index < -0.39 is 0 Å². The van der Waals surface area contributed by atoms with Gasteiger partial charge in [0, 0.05) is 7.05 Å². The lowest BCUT2D eigenvalue weighted by Gasteiger charge is -2.02. The van der Waals surface area contributed by atoms with Crippen LogP contribution < -0.4 is 5.73 Å². The maximum Gasteiger partial charge on any atom is 0.0935 e. The first kappa shape index (κ1) is 11.6. The van der Waals surface area contributed by atoms with Gasteiger partial charge in [0.1, 0.15) is 0 Å². The Hall–Kier alpha value is -0.510. The fraction of sp³-hybridized carbons (Fsp3) is 0.222. The maximum absolute atomic E-state index is 6.01. The van der Waals surface area contributed by atoms with Gasteiger partial charge in [-0.3, -0.25) is 4.99 Å². The fourth-order valence-electron chi connectivity index (χ4n) is 0.860. The molecule has 1 rings (SSSR count). The molecule has 0 aromatic carbocycles. The Balaban J connectivity index is 3.10. The maximum atomic E-state index is 6.01. The number of aliphatic imine (C=N–C) groups is 1. The van der Waals surface area contributed by atoms with Crippen molar-refractivity contribution in [2.24, 2.45) is 10.7 Å². The van der Waals surface area contributed by atoms with Crippen LogP contribution in [0.25, 0.3) is 5.70 Å². The van der Waals surface area contributed by atoms with E-state index in [1.807, 2.05) is 13.0 Å². The van der Waals surface area contributed by atoms with Gasteiger partial charge in [0.15, 0.2) is 0 Å². The van der Waals surface area contributed by atoms with Crippen molar-refractivity contribution in [3.8, 4) is 0 Å². The molecule has 0 aliphatic heterocycles. The number of allylic oxidation sites excluding steroid dienone is 1. The quantitative estimate of drug-likeness (QED) is 0.802. The van der Waals surface area contributed by atoms with Crippen molar-refractivity contribution in [3.05, 3.63) is 26.4 Å². The third-order valence-corrected chi connectivity index (χ3v) is 3.47. The summed E-state index contributed by atoms with van der Waals surface area (Å²) in [6.45, 7) is 1.81. The number of nitrogens with two attached hydrogens (primary N) is 1. The van der Waals surface area contributed by atoms with E-state index in [1.54, 1.807) is 13.1 Å². The van der Waals surface area contributed by atoms with Gasteiger partial charge in [-0.05, 0) is 19.1 Å². The van der Waals surface area contributed by atoms with E-state index in [1.165, 1.54) is 11.3 Å². The molecule has 0 radical (unpaired) electrons. The minimum Gasteiger partial charge on any atom is -0.396 e. The highest BCUT2D eigenvalue weighted by Crippen LogP contribution is 2.28. The Labute approximate surface area is 97.0 Å². The zero-order valence-corrected chi connectivity index (χ0v) is 10.2. The van der Waals surface area contributed by atoms with E-state index in [-0.39, 0.29) is 0 Å². The Morgan fingerprint density at radius 2 is 2.14 bits per heavy atom. The smallest absolute Gasteiger partial charge is 0.0935 e. The number of hydrogen-bond acceptors (Lipinski definition) is 3. The monoisotopic (exact) mass is 248 g/mol. The van der Waals surface area contributed by atoms with Crippen LogP contribution in [0.1, 0.15) is 11.8 Å². The molecule has 0 aliphatic carbocycles. The number of nitrogens with zero attached hydrogens (tertiary/aromatic N) is 1. The molecule has 5 heteroatoms. The Kier molecular flexibility index (Phi) is 3.98. The summed E-state index contributed by atoms with van der Waals surface area (Å²) in [7, 11) is 1.67. The molecule has 1 aromatic heterocycles. The second kappa shape index (κ2) is 4.82. The minimum atomic E-state index is 0.478. The third kappa shape index (κ3) is 2.50. The van der Waals surface area contributed by atoms with Crippen LogP contribution in [-0.2, 0) is 0 Å². The van der Waals surface area contributed by atoms with Crippen LogP contribution in [0.15, 0.2) is 22.2 Å². The molecular weight excluding hydrogens is 239 g/mol. The highest BCUT2D eigenvalue weighted by atomic mass is 35.5. The van der Waals surface area contributed by atoms with Crippen LogP contribution in [0.3, 0.4) is 0 Å². The lowest BCUT2D eigenvalue weighted by molar-refractivity contribution is 1.42. The van der Waals surface area contributed by atoms with E-state index in [0.29, 0.717) is 20.8 Å². The molecule has 0 amide bonds. The van der Waals surface area contributed by atoms with E-state index in [9.17, 15) is 0 Å². The Morgan fingerprint density at radius 1 is 1.50 bits per heavy atom. The third-order valence-electron chi connectivity index (χ3n) is 1.73. The van der Waals surface area contributed by atoms with Gasteiger partial charge in [-0.2, -0.15) is 0 Å². The van der Waals surface area contributed by atoms with Gasteiger partial charge in [0.05, 0.1) is 25.7 Å². The highest BCUT2D eigenvalue weighted by molar-refractivity contribution is 7.17. The van der Waals surface area contributed by atoms with Gasteiger partial charge in [-0.25, -0.2) is 0 Å². The predicted octanol–water partition coefficient (Wildman–Crippen LogP) is 3.36. The summed E-state index contributed by atoms with van der Waals surface area (Å²) < 4.78 is 0.693. The lowest BCUT2D eigenvalue weighted by atomic mass is 10.3. The lowest BCUT2D eigenvalue weighted by Crippen LogP contribution is -2.02. The molecule has 0 unspecified atom stereocenters. The van der Waals surface area contributed by atoms with Crippen LogP contribution in [0.5, 0.6) is 0 Å². The molecule has 0 saturated heterocycles. The van der Waals surface area contributed by atoms with Crippen LogP contribution in [0.2, 0.25) is 4.34 Å². The normalized spacial score (nSPS) is 14.1. The molecule has 1 aromatic rings. The summed E-state index contributed by atoms with van der Waals surface area (Å²) in [5, 5.41) is 0.478. The summed E-state index contributed by atoms with van der Waals surface area (Å²) in [6, 6.07) is 3.63. The first-order valence-electron chi connectivity index (χ1n) is 3.91. The van der Waals surface area contributed by atoms with Crippen molar-refractivity contribution in [1.82, 2.24) is 0 Å². The van der Waals surface area contributed by atoms with Crippen LogP contribution >= 0.6 is 34.5 Å². The van der Waals surface area contributed by atoms with Crippen LogP contribution in [0.4, 0.5) is 0 Å². The van der Waals surface area contributed by atoms with Crippen molar-refractivity contribution in [1.29, 1.82) is 0 Å². The first-order valence-corrected chi connectivity index (χ1v) is 5.48. The van der Waals surface area contributed by atoms with Gasteiger partial charge in [0.2, 0.25) is 0 Å². The van der Waals surface area contributed by atoms with Gasteiger partial charge in [-0.15, -0.1) is 11.3 Å². The molecule has 0 spiro atoms. The molecule has 0 saturated carbocycles. The van der Waals surface area contributed by atoms with Crippen molar-refractivity contribution >= 4 is 45.9 Å². The molecule has 14 heavy (non-hydrogen) atoms. The number of halogens is 2. The van der Waals surface area contributed by atoms with Gasteiger partial charge in [0.25, 0.3) is 0 Å². The molecule has 0 aliphatic rings. The summed E-state index contributed by atoms with van der Waals surface area (Å²) >= 11 is 13.2. The number of thiophene rings is 1.